The minimum atomic E-state index is -0.347. The predicted molar refractivity (Wildman–Crippen MR) is 69.4 cm³/mol. The first kappa shape index (κ1) is 13.5. The molecule has 1 saturated carbocycles. The third-order valence-corrected chi connectivity index (χ3v) is 4.18. The zero-order chi connectivity index (χ0) is 13.1. The summed E-state index contributed by atoms with van der Waals surface area (Å²) in [5.74, 6) is 0.341. The number of benzene rings is 1. The number of hydrogen-bond acceptors (Lipinski definition) is 1. The van der Waals surface area contributed by atoms with Crippen LogP contribution < -0.4 is 5.32 Å². The van der Waals surface area contributed by atoms with E-state index in [-0.39, 0.29) is 11.6 Å². The van der Waals surface area contributed by atoms with Crippen LogP contribution in [-0.4, -0.2) is 12.6 Å². The van der Waals surface area contributed by atoms with Crippen molar-refractivity contribution in [3.63, 3.8) is 0 Å². The van der Waals surface area contributed by atoms with Gasteiger partial charge in [0.15, 0.2) is 0 Å². The first-order chi connectivity index (χ1) is 8.61. The monoisotopic (exact) mass is 253 g/mol. The first-order valence-electron chi connectivity index (χ1n) is 6.79. The molecule has 1 aliphatic rings. The van der Waals surface area contributed by atoms with Gasteiger partial charge < -0.3 is 5.32 Å². The van der Waals surface area contributed by atoms with E-state index in [1.807, 2.05) is 0 Å². The number of nitrogens with one attached hydrogen (secondary N) is 1. The lowest BCUT2D eigenvalue weighted by Gasteiger charge is -2.21. The lowest BCUT2D eigenvalue weighted by molar-refractivity contribution is 0.351. The zero-order valence-corrected chi connectivity index (χ0v) is 11.0. The fraction of sp³-hybridized carbons (Fsp3) is 0.600. The van der Waals surface area contributed by atoms with Gasteiger partial charge in [0.2, 0.25) is 0 Å². The normalized spacial score (nSPS) is 27.7. The van der Waals surface area contributed by atoms with Crippen molar-refractivity contribution in [1.29, 1.82) is 0 Å². The third kappa shape index (κ3) is 2.89. The quantitative estimate of drug-likeness (QED) is 0.865. The van der Waals surface area contributed by atoms with Crippen molar-refractivity contribution in [3.05, 3.63) is 35.4 Å². The molecule has 1 aromatic rings. The lowest BCUT2D eigenvalue weighted by Crippen LogP contribution is -2.32. The van der Waals surface area contributed by atoms with Crippen molar-refractivity contribution >= 4 is 0 Å². The Morgan fingerprint density at radius 3 is 2.78 bits per heavy atom. The summed E-state index contributed by atoms with van der Waals surface area (Å²) < 4.78 is 26.7. The van der Waals surface area contributed by atoms with Crippen LogP contribution >= 0.6 is 0 Å². The Kier molecular flexibility index (Phi) is 4.33. The molecule has 3 heteroatoms. The maximum absolute atomic E-state index is 13.6. The van der Waals surface area contributed by atoms with Gasteiger partial charge in [-0.25, -0.2) is 8.78 Å². The minimum absolute atomic E-state index is 0.282. The molecule has 0 spiro atoms. The van der Waals surface area contributed by atoms with Crippen molar-refractivity contribution in [3.8, 4) is 0 Å². The van der Waals surface area contributed by atoms with E-state index in [0.29, 0.717) is 29.9 Å². The van der Waals surface area contributed by atoms with E-state index in [1.54, 1.807) is 0 Å². The fourth-order valence-electron chi connectivity index (χ4n) is 3.07. The molecule has 3 unspecified atom stereocenters. The molecule has 1 nitrogen and oxygen atoms in total. The Bertz CT molecular complexity index is 405. The molecular formula is C15H21F2N. The van der Waals surface area contributed by atoms with E-state index in [0.717, 1.165) is 19.4 Å². The van der Waals surface area contributed by atoms with Crippen LogP contribution in [0.15, 0.2) is 18.2 Å². The van der Waals surface area contributed by atoms with Crippen LogP contribution in [-0.2, 0) is 6.42 Å². The van der Waals surface area contributed by atoms with Crippen molar-refractivity contribution < 1.29 is 8.78 Å². The Balaban J connectivity index is 2.04. The van der Waals surface area contributed by atoms with Crippen LogP contribution in [0.1, 0.15) is 32.3 Å². The van der Waals surface area contributed by atoms with E-state index in [9.17, 15) is 8.78 Å². The van der Waals surface area contributed by atoms with Gasteiger partial charge in [0.25, 0.3) is 0 Å². The summed E-state index contributed by atoms with van der Waals surface area (Å²) in [6, 6.07) is 4.27. The highest BCUT2D eigenvalue weighted by molar-refractivity contribution is 5.19. The zero-order valence-electron chi connectivity index (χ0n) is 11.0. The Labute approximate surface area is 108 Å². The van der Waals surface area contributed by atoms with Crippen molar-refractivity contribution in [2.24, 2.45) is 11.8 Å². The molecule has 0 amide bonds. The summed E-state index contributed by atoms with van der Waals surface area (Å²) in [7, 11) is 0. The molecule has 0 radical (unpaired) electrons. The van der Waals surface area contributed by atoms with E-state index in [1.165, 1.54) is 18.2 Å². The molecule has 0 bridgehead atoms. The average molecular weight is 253 g/mol. The molecule has 0 saturated heterocycles. The Morgan fingerprint density at radius 2 is 2.06 bits per heavy atom. The van der Waals surface area contributed by atoms with E-state index < -0.39 is 0 Å². The summed E-state index contributed by atoms with van der Waals surface area (Å²) in [5.41, 5.74) is 0.518. The SMILES string of the molecule is CCNC1CCC(Cc2cc(F)ccc2F)C1C. The van der Waals surface area contributed by atoms with Crippen LogP contribution in [0.4, 0.5) is 8.78 Å². The standard InChI is InChI=1S/C15H21F2N/c1-3-18-15-7-4-11(10(15)2)8-12-9-13(16)5-6-14(12)17/h5-6,9-11,15,18H,3-4,7-8H2,1-2H3. The molecule has 3 atom stereocenters. The summed E-state index contributed by atoms with van der Waals surface area (Å²) in [6.45, 7) is 5.28. The lowest BCUT2D eigenvalue weighted by atomic mass is 9.89. The van der Waals surface area contributed by atoms with Gasteiger partial charge in [0.1, 0.15) is 11.6 Å². The molecule has 1 fully saturated rings. The smallest absolute Gasteiger partial charge is 0.126 e. The molecule has 1 aliphatic carbocycles. The number of rotatable bonds is 4. The van der Waals surface area contributed by atoms with Crippen LogP contribution in [0.25, 0.3) is 0 Å². The second-order valence-corrected chi connectivity index (χ2v) is 5.30. The highest BCUT2D eigenvalue weighted by Gasteiger charge is 2.32. The Hall–Kier alpha value is -0.960. The van der Waals surface area contributed by atoms with Gasteiger partial charge in [-0.1, -0.05) is 13.8 Å². The maximum Gasteiger partial charge on any atom is 0.126 e. The van der Waals surface area contributed by atoms with Gasteiger partial charge in [0.05, 0.1) is 0 Å². The van der Waals surface area contributed by atoms with Crippen LogP contribution in [0, 0.1) is 23.5 Å². The summed E-state index contributed by atoms with van der Waals surface area (Å²) >= 11 is 0. The predicted octanol–water partition coefficient (Wildman–Crippen LogP) is 3.53. The van der Waals surface area contributed by atoms with Gasteiger partial charge in [-0.3, -0.25) is 0 Å². The number of hydrogen-bond donors (Lipinski definition) is 1. The van der Waals surface area contributed by atoms with E-state index in [2.05, 4.69) is 19.2 Å². The summed E-state index contributed by atoms with van der Waals surface area (Å²) in [6.07, 6.45) is 2.87. The van der Waals surface area contributed by atoms with E-state index in [4.69, 9.17) is 0 Å². The van der Waals surface area contributed by atoms with Crippen molar-refractivity contribution in [2.75, 3.05) is 6.54 Å². The van der Waals surface area contributed by atoms with Crippen molar-refractivity contribution in [1.82, 2.24) is 5.32 Å². The van der Waals surface area contributed by atoms with Gasteiger partial charge >= 0.3 is 0 Å². The highest BCUT2D eigenvalue weighted by Crippen LogP contribution is 2.34. The summed E-state index contributed by atoms with van der Waals surface area (Å²) in [5, 5.41) is 3.47. The summed E-state index contributed by atoms with van der Waals surface area (Å²) in [4.78, 5) is 0. The molecular weight excluding hydrogens is 232 g/mol. The average Bonchev–Trinajstić information content (AvgIpc) is 2.67. The van der Waals surface area contributed by atoms with E-state index >= 15 is 0 Å². The maximum atomic E-state index is 13.6. The van der Waals surface area contributed by atoms with Crippen LogP contribution in [0.3, 0.4) is 0 Å². The Morgan fingerprint density at radius 1 is 1.28 bits per heavy atom. The second kappa shape index (κ2) is 5.79. The molecule has 2 rings (SSSR count). The fourth-order valence-corrected chi connectivity index (χ4v) is 3.07. The van der Waals surface area contributed by atoms with Crippen LogP contribution in [0.5, 0.6) is 0 Å². The van der Waals surface area contributed by atoms with Gasteiger partial charge in [0, 0.05) is 6.04 Å². The number of halogens is 2. The van der Waals surface area contributed by atoms with Crippen LogP contribution in [0.2, 0.25) is 0 Å². The highest BCUT2D eigenvalue weighted by atomic mass is 19.1. The second-order valence-electron chi connectivity index (χ2n) is 5.30. The first-order valence-corrected chi connectivity index (χ1v) is 6.79. The molecule has 1 aromatic carbocycles. The largest absolute Gasteiger partial charge is 0.314 e. The molecule has 1 N–H and O–H groups in total. The third-order valence-electron chi connectivity index (χ3n) is 4.18. The van der Waals surface area contributed by atoms with Crippen molar-refractivity contribution in [2.45, 2.75) is 39.2 Å². The molecule has 0 aromatic heterocycles. The van der Waals surface area contributed by atoms with Gasteiger partial charge in [-0.05, 0) is 61.4 Å². The minimum Gasteiger partial charge on any atom is -0.314 e. The molecule has 18 heavy (non-hydrogen) atoms. The molecule has 100 valence electrons. The molecule has 0 aliphatic heterocycles. The van der Waals surface area contributed by atoms with Gasteiger partial charge in [-0.15, -0.1) is 0 Å². The molecule has 0 heterocycles. The van der Waals surface area contributed by atoms with Gasteiger partial charge in [-0.2, -0.15) is 0 Å². The topological polar surface area (TPSA) is 12.0 Å².